The Hall–Kier alpha value is -5.75. The van der Waals surface area contributed by atoms with Gasteiger partial charge in [-0.15, -0.1) is 0 Å². The number of hydrogen-bond donors (Lipinski definition) is 2. The number of halogens is 2. The van der Waals surface area contributed by atoms with Crippen LogP contribution in [-0.2, 0) is 19.1 Å². The number of likely N-dealkylation sites (tertiary alicyclic amines) is 1. The number of amides is 3. The second-order valence-corrected chi connectivity index (χ2v) is 12.8. The molecule has 6 rings (SSSR count). The number of nitrogens with one attached hydrogen (secondary N) is 1. The van der Waals surface area contributed by atoms with Gasteiger partial charge in [-0.1, -0.05) is 91.3 Å². The summed E-state index contributed by atoms with van der Waals surface area (Å²) in [4.78, 5) is 61.0. The number of imide groups is 1. The average Bonchev–Trinajstić information content (AvgIpc) is 3.54. The summed E-state index contributed by atoms with van der Waals surface area (Å²) in [6, 6.07) is 24.3. The number of carboxylic acids is 1. The molecule has 268 valence electrons. The van der Waals surface area contributed by atoms with Gasteiger partial charge >= 0.3 is 12.1 Å². The van der Waals surface area contributed by atoms with Gasteiger partial charge in [-0.25, -0.2) is 23.3 Å². The lowest BCUT2D eigenvalue weighted by Crippen LogP contribution is -2.38. The zero-order valence-electron chi connectivity index (χ0n) is 28.3. The van der Waals surface area contributed by atoms with E-state index in [0.29, 0.717) is 22.4 Å². The number of hydrogen-bond acceptors (Lipinski definition) is 7. The Morgan fingerprint density at radius 2 is 1.48 bits per heavy atom. The first-order chi connectivity index (χ1) is 25.2. The number of carbonyl (C=O) groups excluding carboxylic acids is 3. The summed E-state index contributed by atoms with van der Waals surface area (Å²) < 4.78 is 36.4. The van der Waals surface area contributed by atoms with Crippen LogP contribution in [0.2, 0.25) is 0 Å². The first-order valence-corrected chi connectivity index (χ1v) is 17.2. The van der Waals surface area contributed by atoms with E-state index in [4.69, 9.17) is 4.74 Å². The van der Waals surface area contributed by atoms with Gasteiger partial charge in [0.05, 0.1) is 17.9 Å². The highest BCUT2D eigenvalue weighted by atomic mass is 19.1. The van der Waals surface area contributed by atoms with E-state index >= 15 is 8.78 Å². The smallest absolute Gasteiger partial charge is 0.417 e. The molecule has 52 heavy (non-hydrogen) atoms. The number of cyclic esters (lactones) is 1. The Kier molecular flexibility index (Phi) is 11.4. The van der Waals surface area contributed by atoms with Gasteiger partial charge in [0.25, 0.3) is 0 Å². The van der Waals surface area contributed by atoms with E-state index in [0.717, 1.165) is 55.5 Å². The second-order valence-electron chi connectivity index (χ2n) is 12.8. The summed E-state index contributed by atoms with van der Waals surface area (Å²) in [5.41, 5.74) is 1.21. The topological polar surface area (TPSA) is 129 Å². The summed E-state index contributed by atoms with van der Waals surface area (Å²) in [6.07, 6.45) is 1.36. The van der Waals surface area contributed by atoms with Gasteiger partial charge in [0.15, 0.2) is 6.04 Å². The Morgan fingerprint density at radius 1 is 0.846 bits per heavy atom. The van der Waals surface area contributed by atoms with E-state index in [1.54, 1.807) is 84.9 Å². The van der Waals surface area contributed by atoms with Crippen LogP contribution in [0.5, 0.6) is 0 Å². The van der Waals surface area contributed by atoms with E-state index in [-0.39, 0.29) is 24.8 Å². The van der Waals surface area contributed by atoms with Crippen molar-refractivity contribution in [2.75, 3.05) is 31.6 Å². The summed E-state index contributed by atoms with van der Waals surface area (Å²) in [6.45, 7) is 1.63. The Morgan fingerprint density at radius 3 is 2.15 bits per heavy atom. The minimum absolute atomic E-state index is 0.110. The molecule has 2 heterocycles. The van der Waals surface area contributed by atoms with Crippen LogP contribution in [0.4, 0.5) is 19.3 Å². The summed E-state index contributed by atoms with van der Waals surface area (Å²) in [5, 5.41) is 13.7. The van der Waals surface area contributed by atoms with Crippen molar-refractivity contribution in [2.45, 2.75) is 43.7 Å². The summed E-state index contributed by atoms with van der Waals surface area (Å²) >= 11 is 0. The van der Waals surface area contributed by atoms with Crippen molar-refractivity contribution in [3.8, 4) is 0 Å². The molecule has 0 bridgehead atoms. The molecule has 12 heteroatoms. The number of benzene rings is 4. The molecule has 0 aliphatic carbocycles. The van der Waals surface area contributed by atoms with Crippen LogP contribution in [0.3, 0.4) is 0 Å². The summed E-state index contributed by atoms with van der Waals surface area (Å²) in [5.74, 6) is -6.58. The number of aliphatic imine (C=N–C) groups is 1. The van der Waals surface area contributed by atoms with Gasteiger partial charge in [0.2, 0.25) is 11.8 Å². The van der Waals surface area contributed by atoms with Crippen molar-refractivity contribution in [2.24, 2.45) is 4.99 Å². The predicted molar refractivity (Wildman–Crippen MR) is 190 cm³/mol. The maximum atomic E-state index is 15.6. The van der Waals surface area contributed by atoms with Crippen LogP contribution in [-0.4, -0.2) is 76.8 Å². The van der Waals surface area contributed by atoms with Crippen LogP contribution in [0, 0.1) is 11.6 Å². The number of carbonyl (C=O) groups is 4. The van der Waals surface area contributed by atoms with Crippen molar-refractivity contribution in [1.29, 1.82) is 0 Å². The molecule has 0 radical (unpaired) electrons. The van der Waals surface area contributed by atoms with Crippen molar-refractivity contribution in [1.82, 2.24) is 9.80 Å². The molecule has 2 aliphatic rings. The van der Waals surface area contributed by atoms with E-state index < -0.39 is 59.6 Å². The van der Waals surface area contributed by atoms with Crippen molar-refractivity contribution in [3.05, 3.63) is 137 Å². The number of aliphatic carboxylic acids is 1. The predicted octanol–water partition coefficient (Wildman–Crippen LogP) is 6.57. The SMILES string of the molecule is O=C(CN1CCCCC1)Nc1ccccc1C(=N[C@H](C(=O)O)[C@H](CC(=O)N1C(=O)OC[C@@H]1c1ccccc1)c1c(F)cccc1F)c1ccccc1. The minimum atomic E-state index is -1.93. The lowest BCUT2D eigenvalue weighted by atomic mass is 9.86. The number of piperidine rings is 1. The van der Waals surface area contributed by atoms with E-state index in [9.17, 15) is 24.3 Å². The lowest BCUT2D eigenvalue weighted by molar-refractivity contribution is -0.139. The lowest BCUT2D eigenvalue weighted by Gasteiger charge is -2.27. The third-order valence-corrected chi connectivity index (χ3v) is 9.31. The molecular weight excluding hydrogens is 670 g/mol. The van der Waals surface area contributed by atoms with Gasteiger partial charge in [-0.3, -0.25) is 19.5 Å². The maximum absolute atomic E-state index is 15.6. The van der Waals surface area contributed by atoms with Gasteiger partial charge in [0, 0.05) is 29.0 Å². The minimum Gasteiger partial charge on any atom is -0.480 e. The number of para-hydroxylation sites is 1. The highest BCUT2D eigenvalue weighted by Crippen LogP contribution is 2.36. The third-order valence-electron chi connectivity index (χ3n) is 9.31. The van der Waals surface area contributed by atoms with Crippen LogP contribution >= 0.6 is 0 Å². The monoisotopic (exact) mass is 708 g/mol. The molecule has 3 amide bonds. The number of nitrogens with zero attached hydrogens (tertiary/aromatic N) is 3. The molecular formula is C40H38F2N4O6. The summed E-state index contributed by atoms with van der Waals surface area (Å²) in [7, 11) is 0. The fourth-order valence-electron chi connectivity index (χ4n) is 6.80. The molecule has 4 aromatic carbocycles. The normalized spacial score (nSPS) is 17.7. The highest BCUT2D eigenvalue weighted by molar-refractivity contribution is 6.17. The highest BCUT2D eigenvalue weighted by Gasteiger charge is 2.43. The molecule has 2 fully saturated rings. The third kappa shape index (κ3) is 8.24. The molecule has 2 saturated heterocycles. The van der Waals surface area contributed by atoms with Crippen molar-refractivity contribution in [3.63, 3.8) is 0 Å². The number of carboxylic acid groups (broad SMARTS) is 1. The standard InChI is InChI=1S/C40H38F2N4O6/c41-30-18-12-19-31(42)36(30)29(23-35(48)46-33(25-52-40(46)51)26-13-4-1-5-14-26)38(39(49)50)44-37(27-15-6-2-7-16-27)28-17-8-9-20-32(28)43-34(47)24-45-21-10-3-11-22-45/h1-2,4-9,12-20,29,33,38H,3,10-11,21-25H2,(H,43,47)(H,49,50)/t29-,33-,38+/m1/s1. The molecule has 3 atom stereocenters. The molecule has 2 aliphatic heterocycles. The second kappa shape index (κ2) is 16.5. The molecule has 0 saturated carbocycles. The van der Waals surface area contributed by atoms with Crippen LogP contribution in [0.1, 0.15) is 59.9 Å². The first-order valence-electron chi connectivity index (χ1n) is 17.2. The molecule has 0 aromatic heterocycles. The van der Waals surface area contributed by atoms with E-state index in [2.05, 4.69) is 15.2 Å². The molecule has 2 N–H and O–H groups in total. The van der Waals surface area contributed by atoms with E-state index in [1.165, 1.54) is 0 Å². The molecule has 0 unspecified atom stereocenters. The van der Waals surface area contributed by atoms with E-state index in [1.807, 2.05) is 0 Å². The quantitative estimate of drug-likeness (QED) is 0.159. The number of ether oxygens (including phenoxy) is 1. The van der Waals surface area contributed by atoms with Crippen molar-refractivity contribution < 1.29 is 37.8 Å². The Labute approximate surface area is 299 Å². The Balaban J connectivity index is 1.43. The molecule has 0 spiro atoms. The van der Waals surface area contributed by atoms with Crippen LogP contribution in [0.25, 0.3) is 0 Å². The van der Waals surface area contributed by atoms with Gasteiger partial charge in [-0.2, -0.15) is 0 Å². The number of rotatable bonds is 12. The molecule has 4 aromatic rings. The number of anilines is 1. The largest absolute Gasteiger partial charge is 0.480 e. The molecule has 10 nitrogen and oxygen atoms in total. The first kappa shape index (κ1) is 36.1. The van der Waals surface area contributed by atoms with Gasteiger partial charge in [-0.05, 0) is 49.7 Å². The maximum Gasteiger partial charge on any atom is 0.417 e. The zero-order valence-corrected chi connectivity index (χ0v) is 28.3. The Bertz CT molecular complexity index is 1930. The fraction of sp³-hybridized carbons (Fsp3) is 0.275. The van der Waals surface area contributed by atoms with Crippen molar-refractivity contribution >= 4 is 35.3 Å². The zero-order chi connectivity index (χ0) is 36.6. The van der Waals surface area contributed by atoms with Crippen LogP contribution < -0.4 is 5.32 Å². The average molecular weight is 709 g/mol. The van der Waals surface area contributed by atoms with Crippen LogP contribution in [0.15, 0.2) is 108 Å². The fourth-order valence-corrected chi connectivity index (χ4v) is 6.80. The van der Waals surface area contributed by atoms with Gasteiger partial charge < -0.3 is 15.2 Å². The van der Waals surface area contributed by atoms with Gasteiger partial charge in [0.1, 0.15) is 24.3 Å².